The fraction of sp³-hybridized carbons (Fsp3) is 0.421. The summed E-state index contributed by atoms with van der Waals surface area (Å²) in [5.74, 6) is 1.52. The molecule has 0 aliphatic heterocycles. The molecule has 0 bridgehead atoms. The van der Waals surface area contributed by atoms with Crippen molar-refractivity contribution in [2.75, 3.05) is 5.32 Å². The second kappa shape index (κ2) is 6.75. The number of furan rings is 1. The first-order valence-electron chi connectivity index (χ1n) is 8.32. The Kier molecular flexibility index (Phi) is 4.71. The van der Waals surface area contributed by atoms with Crippen molar-refractivity contribution in [3.63, 3.8) is 0 Å². The summed E-state index contributed by atoms with van der Waals surface area (Å²) >= 11 is 5.54. The van der Waals surface area contributed by atoms with Gasteiger partial charge in [0.1, 0.15) is 5.76 Å². The molecule has 122 valence electrons. The molecule has 1 aromatic carbocycles. The molecule has 2 N–H and O–H groups in total. The van der Waals surface area contributed by atoms with Gasteiger partial charge < -0.3 is 15.1 Å². The number of hydrogen-bond donors (Lipinski definition) is 2. The van der Waals surface area contributed by atoms with E-state index in [9.17, 15) is 0 Å². The monoisotopic (exact) mass is 328 g/mol. The van der Waals surface area contributed by atoms with Gasteiger partial charge in [-0.2, -0.15) is 0 Å². The number of hydrogen-bond acceptors (Lipinski definition) is 2. The number of rotatable bonds is 4. The maximum absolute atomic E-state index is 5.66. The van der Waals surface area contributed by atoms with Crippen LogP contribution in [0.15, 0.2) is 47.1 Å². The normalized spacial score (nSPS) is 16.5. The molecule has 4 heteroatoms. The lowest BCUT2D eigenvalue weighted by Gasteiger charge is -2.29. The first-order chi connectivity index (χ1) is 11.1. The van der Waals surface area contributed by atoms with Crippen molar-refractivity contribution < 1.29 is 4.42 Å². The van der Waals surface area contributed by atoms with Crippen LogP contribution in [0.2, 0.25) is 0 Å². The first kappa shape index (κ1) is 16.1. The first-order valence-corrected chi connectivity index (χ1v) is 8.73. The number of thiocarbonyl (C=S) groups is 1. The van der Waals surface area contributed by atoms with Crippen LogP contribution in [0.3, 0.4) is 0 Å². The summed E-state index contributed by atoms with van der Waals surface area (Å²) < 4.78 is 5.66. The Morgan fingerprint density at radius 3 is 2.39 bits per heavy atom. The van der Waals surface area contributed by atoms with E-state index in [1.54, 1.807) is 6.26 Å². The molecule has 0 saturated heterocycles. The van der Waals surface area contributed by atoms with E-state index in [-0.39, 0.29) is 5.54 Å². The highest BCUT2D eigenvalue weighted by Crippen LogP contribution is 2.39. The van der Waals surface area contributed by atoms with E-state index < -0.39 is 0 Å². The van der Waals surface area contributed by atoms with Gasteiger partial charge in [-0.05, 0) is 60.8 Å². The van der Waals surface area contributed by atoms with E-state index in [1.807, 2.05) is 12.1 Å². The van der Waals surface area contributed by atoms with Crippen molar-refractivity contribution in [1.29, 1.82) is 0 Å². The van der Waals surface area contributed by atoms with Gasteiger partial charge in [-0.3, -0.25) is 0 Å². The summed E-state index contributed by atoms with van der Waals surface area (Å²) in [6.45, 7) is 4.39. The average molecular weight is 328 g/mol. The quantitative estimate of drug-likeness (QED) is 0.760. The molecule has 1 aliphatic rings. The molecule has 0 atom stereocenters. The van der Waals surface area contributed by atoms with Crippen molar-refractivity contribution in [2.24, 2.45) is 0 Å². The van der Waals surface area contributed by atoms with Gasteiger partial charge in [-0.1, -0.05) is 38.8 Å². The fourth-order valence-electron chi connectivity index (χ4n) is 3.29. The minimum Gasteiger partial charge on any atom is -0.467 e. The third kappa shape index (κ3) is 3.58. The Morgan fingerprint density at radius 2 is 1.83 bits per heavy atom. The molecule has 0 spiro atoms. The van der Waals surface area contributed by atoms with Gasteiger partial charge in [-0.15, -0.1) is 0 Å². The minimum atomic E-state index is -0.161. The molecule has 1 fully saturated rings. The van der Waals surface area contributed by atoms with Crippen LogP contribution in [-0.4, -0.2) is 5.11 Å². The summed E-state index contributed by atoms with van der Waals surface area (Å²) in [6, 6.07) is 12.4. The highest BCUT2D eigenvalue weighted by molar-refractivity contribution is 7.80. The average Bonchev–Trinajstić information content (AvgIpc) is 3.19. The number of anilines is 1. The van der Waals surface area contributed by atoms with Crippen molar-refractivity contribution >= 4 is 23.0 Å². The molecule has 3 nitrogen and oxygen atoms in total. The zero-order chi connectivity index (χ0) is 16.3. The maximum Gasteiger partial charge on any atom is 0.171 e. The highest BCUT2D eigenvalue weighted by Gasteiger charge is 2.38. The lowest BCUT2D eigenvalue weighted by atomic mass is 9.94. The van der Waals surface area contributed by atoms with E-state index in [0.717, 1.165) is 24.3 Å². The Morgan fingerprint density at radius 1 is 1.13 bits per heavy atom. The van der Waals surface area contributed by atoms with Gasteiger partial charge in [0, 0.05) is 5.69 Å². The van der Waals surface area contributed by atoms with Crippen LogP contribution in [-0.2, 0) is 5.54 Å². The van der Waals surface area contributed by atoms with Gasteiger partial charge in [-0.25, -0.2) is 0 Å². The van der Waals surface area contributed by atoms with Gasteiger partial charge >= 0.3 is 0 Å². The molecule has 0 radical (unpaired) electrons. The van der Waals surface area contributed by atoms with Gasteiger partial charge in [0.2, 0.25) is 0 Å². The summed E-state index contributed by atoms with van der Waals surface area (Å²) in [7, 11) is 0. The smallest absolute Gasteiger partial charge is 0.171 e. The molecular formula is C19H24N2OS. The lowest BCUT2D eigenvalue weighted by molar-refractivity contribution is 0.317. The standard InChI is InChI=1S/C19H24N2OS/c1-14(2)15-7-9-16(10-8-15)20-18(23)21-19(11-3-4-12-19)17-6-5-13-22-17/h5-10,13-14H,3-4,11-12H2,1-2H3,(H2,20,21,23). The molecule has 1 saturated carbocycles. The van der Waals surface area contributed by atoms with Crippen molar-refractivity contribution in [3.05, 3.63) is 54.0 Å². The predicted molar refractivity (Wildman–Crippen MR) is 98.7 cm³/mol. The van der Waals surface area contributed by atoms with E-state index in [2.05, 4.69) is 48.7 Å². The largest absolute Gasteiger partial charge is 0.467 e. The van der Waals surface area contributed by atoms with Gasteiger partial charge in [0.25, 0.3) is 0 Å². The van der Waals surface area contributed by atoms with Crippen LogP contribution in [0.5, 0.6) is 0 Å². The second-order valence-electron chi connectivity index (χ2n) is 6.62. The van der Waals surface area contributed by atoms with Crippen LogP contribution in [0.4, 0.5) is 5.69 Å². The third-order valence-electron chi connectivity index (χ3n) is 4.64. The van der Waals surface area contributed by atoms with E-state index in [1.165, 1.54) is 18.4 Å². The third-order valence-corrected chi connectivity index (χ3v) is 4.84. The Bertz CT molecular complexity index is 641. The summed E-state index contributed by atoms with van der Waals surface area (Å²) in [5.41, 5.74) is 2.18. The van der Waals surface area contributed by atoms with E-state index in [4.69, 9.17) is 16.6 Å². The van der Waals surface area contributed by atoms with Crippen molar-refractivity contribution in [2.45, 2.75) is 51.0 Å². The Balaban J connectivity index is 1.68. The highest BCUT2D eigenvalue weighted by atomic mass is 32.1. The summed E-state index contributed by atoms with van der Waals surface area (Å²) in [5, 5.41) is 7.46. The topological polar surface area (TPSA) is 37.2 Å². The van der Waals surface area contributed by atoms with Crippen LogP contribution in [0.1, 0.15) is 56.8 Å². The predicted octanol–water partition coefficient (Wildman–Crippen LogP) is 5.16. The molecular weight excluding hydrogens is 304 g/mol. The zero-order valence-corrected chi connectivity index (χ0v) is 14.6. The van der Waals surface area contributed by atoms with Crippen molar-refractivity contribution in [1.82, 2.24) is 5.32 Å². The van der Waals surface area contributed by atoms with Gasteiger partial charge in [0.05, 0.1) is 11.8 Å². The molecule has 1 aromatic heterocycles. The molecule has 0 amide bonds. The Labute approximate surface area is 143 Å². The Hall–Kier alpha value is -1.81. The van der Waals surface area contributed by atoms with Gasteiger partial charge in [0.15, 0.2) is 5.11 Å². The summed E-state index contributed by atoms with van der Waals surface area (Å²) in [6.07, 6.45) is 6.22. The van der Waals surface area contributed by atoms with Crippen LogP contribution < -0.4 is 10.6 Å². The SMILES string of the molecule is CC(C)c1ccc(NC(=S)NC2(c3ccco3)CCCC2)cc1. The minimum absolute atomic E-state index is 0.161. The van der Waals surface area contributed by atoms with E-state index >= 15 is 0 Å². The van der Waals surface area contributed by atoms with Crippen LogP contribution >= 0.6 is 12.2 Å². The summed E-state index contributed by atoms with van der Waals surface area (Å²) in [4.78, 5) is 0. The van der Waals surface area contributed by atoms with Crippen LogP contribution in [0, 0.1) is 0 Å². The molecule has 23 heavy (non-hydrogen) atoms. The maximum atomic E-state index is 5.66. The molecule has 2 aromatic rings. The van der Waals surface area contributed by atoms with E-state index in [0.29, 0.717) is 11.0 Å². The number of benzene rings is 1. The molecule has 1 aliphatic carbocycles. The zero-order valence-electron chi connectivity index (χ0n) is 13.8. The number of nitrogens with one attached hydrogen (secondary N) is 2. The van der Waals surface area contributed by atoms with Crippen molar-refractivity contribution in [3.8, 4) is 0 Å². The molecule has 1 heterocycles. The second-order valence-corrected chi connectivity index (χ2v) is 7.03. The lowest BCUT2D eigenvalue weighted by Crippen LogP contribution is -2.45. The van der Waals surface area contributed by atoms with Crippen LogP contribution in [0.25, 0.3) is 0 Å². The molecule has 0 unspecified atom stereocenters. The molecule has 3 rings (SSSR count). The fourth-order valence-corrected chi connectivity index (χ4v) is 3.61.